The highest BCUT2D eigenvalue weighted by atomic mass is 32.1. The Hall–Kier alpha value is -0.410. The summed E-state index contributed by atoms with van der Waals surface area (Å²) < 4.78 is 0. The van der Waals surface area contributed by atoms with Crippen LogP contribution in [0.5, 0.6) is 0 Å². The second kappa shape index (κ2) is 8.01. The van der Waals surface area contributed by atoms with Crippen molar-refractivity contribution in [3.8, 4) is 0 Å². The fourth-order valence-electron chi connectivity index (χ4n) is 2.91. The Morgan fingerprint density at radius 3 is 2.53 bits per heavy atom. The van der Waals surface area contributed by atoms with Gasteiger partial charge in [-0.1, -0.05) is 46.0 Å². The predicted octanol–water partition coefficient (Wildman–Crippen LogP) is 4.64. The summed E-state index contributed by atoms with van der Waals surface area (Å²) in [5.74, 6) is 0.749. The van der Waals surface area contributed by atoms with Gasteiger partial charge in [0.1, 0.15) is 0 Å². The molecule has 1 fully saturated rings. The van der Waals surface area contributed by atoms with Gasteiger partial charge in [0.2, 0.25) is 0 Å². The van der Waals surface area contributed by atoms with Crippen LogP contribution in [0.3, 0.4) is 0 Å². The summed E-state index contributed by atoms with van der Waals surface area (Å²) in [5, 5.41) is 4.89. The number of aromatic nitrogens is 1. The molecule has 2 rings (SSSR count). The Morgan fingerprint density at radius 2 is 1.89 bits per heavy atom. The molecule has 0 saturated heterocycles. The Morgan fingerprint density at radius 1 is 1.16 bits per heavy atom. The van der Waals surface area contributed by atoms with E-state index in [-0.39, 0.29) is 0 Å². The van der Waals surface area contributed by atoms with Crippen LogP contribution in [0.2, 0.25) is 0 Å². The first kappa shape index (κ1) is 15.0. The number of thiazole rings is 1. The monoisotopic (exact) mass is 280 g/mol. The van der Waals surface area contributed by atoms with Gasteiger partial charge in [-0.05, 0) is 25.8 Å². The Labute approximate surface area is 122 Å². The second-order valence-electron chi connectivity index (χ2n) is 5.64. The van der Waals surface area contributed by atoms with E-state index in [1.165, 1.54) is 60.5 Å². The summed E-state index contributed by atoms with van der Waals surface area (Å²) in [6.45, 7) is 6.48. The maximum absolute atomic E-state index is 5.00. The van der Waals surface area contributed by atoms with Crippen LogP contribution < -0.4 is 5.32 Å². The van der Waals surface area contributed by atoms with E-state index in [1.807, 2.05) is 11.3 Å². The number of nitrogens with one attached hydrogen (secondary N) is 1. The van der Waals surface area contributed by atoms with Crippen molar-refractivity contribution in [1.29, 1.82) is 0 Å². The van der Waals surface area contributed by atoms with E-state index in [0.29, 0.717) is 0 Å². The third kappa shape index (κ3) is 4.28. The molecule has 1 N–H and O–H groups in total. The first-order valence-electron chi connectivity index (χ1n) is 8.04. The van der Waals surface area contributed by atoms with Crippen molar-refractivity contribution in [2.24, 2.45) is 0 Å². The molecule has 0 amide bonds. The smallest absolute Gasteiger partial charge is 0.0962 e. The van der Waals surface area contributed by atoms with Crippen LogP contribution in [0.1, 0.15) is 80.3 Å². The molecule has 0 spiro atoms. The van der Waals surface area contributed by atoms with E-state index in [1.54, 1.807) is 0 Å². The van der Waals surface area contributed by atoms with E-state index < -0.39 is 0 Å². The molecular weight excluding hydrogens is 252 g/mol. The molecule has 0 atom stereocenters. The molecule has 0 radical (unpaired) electrons. The van der Waals surface area contributed by atoms with Crippen LogP contribution in [-0.2, 0) is 13.0 Å². The van der Waals surface area contributed by atoms with Gasteiger partial charge >= 0.3 is 0 Å². The van der Waals surface area contributed by atoms with Gasteiger partial charge in [0, 0.05) is 17.3 Å². The number of nitrogens with zero attached hydrogens (tertiary/aromatic N) is 1. The van der Waals surface area contributed by atoms with Gasteiger partial charge in [-0.3, -0.25) is 0 Å². The lowest BCUT2D eigenvalue weighted by Gasteiger charge is -2.09. The van der Waals surface area contributed by atoms with Crippen molar-refractivity contribution in [2.75, 3.05) is 6.54 Å². The van der Waals surface area contributed by atoms with E-state index in [4.69, 9.17) is 4.98 Å². The van der Waals surface area contributed by atoms with Gasteiger partial charge in [0.15, 0.2) is 0 Å². The standard InChI is InChI=1S/C16H28N2S/c1-3-9-14-15(12-17-4-2)19-16(18-14)13-10-7-5-6-8-11-13/h13,17H,3-12H2,1-2H3. The topological polar surface area (TPSA) is 24.9 Å². The Bertz CT molecular complexity index is 365. The molecule has 1 aromatic heterocycles. The lowest BCUT2D eigenvalue weighted by atomic mass is 10.0. The average molecular weight is 280 g/mol. The van der Waals surface area contributed by atoms with Crippen molar-refractivity contribution in [1.82, 2.24) is 10.3 Å². The van der Waals surface area contributed by atoms with Crippen LogP contribution in [0.25, 0.3) is 0 Å². The molecule has 0 aromatic carbocycles. The lowest BCUT2D eigenvalue weighted by molar-refractivity contribution is 0.587. The summed E-state index contributed by atoms with van der Waals surface area (Å²) >= 11 is 1.98. The molecule has 1 aromatic rings. The molecule has 2 nitrogen and oxygen atoms in total. The Kier molecular flexibility index (Phi) is 6.32. The summed E-state index contributed by atoms with van der Waals surface area (Å²) in [6.07, 6.45) is 10.7. The normalized spacial score (nSPS) is 17.6. The highest BCUT2D eigenvalue weighted by Crippen LogP contribution is 2.35. The first-order valence-corrected chi connectivity index (χ1v) is 8.86. The molecule has 1 aliphatic carbocycles. The SMILES string of the molecule is CCCc1nc(C2CCCCCC2)sc1CNCC. The fraction of sp³-hybridized carbons (Fsp3) is 0.812. The third-order valence-electron chi connectivity index (χ3n) is 4.02. The van der Waals surface area contributed by atoms with E-state index in [0.717, 1.165) is 25.4 Å². The van der Waals surface area contributed by atoms with Crippen LogP contribution in [0.4, 0.5) is 0 Å². The summed E-state index contributed by atoms with van der Waals surface area (Å²) in [6, 6.07) is 0. The quantitative estimate of drug-likeness (QED) is 0.768. The molecule has 1 saturated carbocycles. The van der Waals surface area contributed by atoms with Gasteiger partial charge in [0.25, 0.3) is 0 Å². The fourth-order valence-corrected chi connectivity index (χ4v) is 4.16. The summed E-state index contributed by atoms with van der Waals surface area (Å²) in [7, 11) is 0. The summed E-state index contributed by atoms with van der Waals surface area (Å²) in [5.41, 5.74) is 1.37. The zero-order valence-corrected chi connectivity index (χ0v) is 13.3. The lowest BCUT2D eigenvalue weighted by Crippen LogP contribution is -2.11. The van der Waals surface area contributed by atoms with E-state index in [9.17, 15) is 0 Å². The van der Waals surface area contributed by atoms with Gasteiger partial charge in [-0.25, -0.2) is 4.98 Å². The Balaban J connectivity index is 2.10. The van der Waals surface area contributed by atoms with Crippen molar-refractivity contribution < 1.29 is 0 Å². The minimum absolute atomic E-state index is 0.749. The van der Waals surface area contributed by atoms with Crippen molar-refractivity contribution in [2.45, 2.75) is 77.7 Å². The number of hydrogen-bond donors (Lipinski definition) is 1. The van der Waals surface area contributed by atoms with Gasteiger partial charge in [-0.15, -0.1) is 11.3 Å². The first-order chi connectivity index (χ1) is 9.35. The number of rotatable bonds is 6. The molecule has 1 aliphatic rings. The minimum atomic E-state index is 0.749. The second-order valence-corrected chi connectivity index (χ2v) is 6.76. The van der Waals surface area contributed by atoms with Crippen molar-refractivity contribution in [3.63, 3.8) is 0 Å². The number of aryl methyl sites for hydroxylation is 1. The zero-order valence-electron chi connectivity index (χ0n) is 12.5. The van der Waals surface area contributed by atoms with Crippen LogP contribution in [-0.4, -0.2) is 11.5 Å². The highest BCUT2D eigenvalue weighted by Gasteiger charge is 2.20. The largest absolute Gasteiger partial charge is 0.312 e. The van der Waals surface area contributed by atoms with E-state index in [2.05, 4.69) is 19.2 Å². The maximum atomic E-state index is 5.00. The molecular formula is C16H28N2S. The molecule has 3 heteroatoms. The maximum Gasteiger partial charge on any atom is 0.0962 e. The number of hydrogen-bond acceptors (Lipinski definition) is 3. The molecule has 108 valence electrons. The van der Waals surface area contributed by atoms with Crippen LogP contribution >= 0.6 is 11.3 Å². The minimum Gasteiger partial charge on any atom is -0.312 e. The highest BCUT2D eigenvalue weighted by molar-refractivity contribution is 7.11. The van der Waals surface area contributed by atoms with Gasteiger partial charge < -0.3 is 5.32 Å². The molecule has 1 heterocycles. The average Bonchev–Trinajstić information content (AvgIpc) is 2.65. The molecule has 19 heavy (non-hydrogen) atoms. The van der Waals surface area contributed by atoms with Gasteiger partial charge in [0.05, 0.1) is 10.7 Å². The zero-order chi connectivity index (χ0) is 13.5. The third-order valence-corrected chi connectivity index (χ3v) is 5.28. The van der Waals surface area contributed by atoms with Crippen LogP contribution in [0, 0.1) is 0 Å². The molecule has 0 bridgehead atoms. The van der Waals surface area contributed by atoms with Crippen molar-refractivity contribution >= 4 is 11.3 Å². The molecule has 0 unspecified atom stereocenters. The van der Waals surface area contributed by atoms with Crippen molar-refractivity contribution in [3.05, 3.63) is 15.6 Å². The van der Waals surface area contributed by atoms with E-state index >= 15 is 0 Å². The van der Waals surface area contributed by atoms with Crippen LogP contribution in [0.15, 0.2) is 0 Å². The summed E-state index contributed by atoms with van der Waals surface area (Å²) in [4.78, 5) is 6.49. The predicted molar refractivity (Wildman–Crippen MR) is 83.9 cm³/mol. The van der Waals surface area contributed by atoms with Gasteiger partial charge in [-0.2, -0.15) is 0 Å². The molecule has 0 aliphatic heterocycles.